The highest BCUT2D eigenvalue weighted by atomic mass is 32.2. The van der Waals surface area contributed by atoms with Gasteiger partial charge in [0.25, 0.3) is 0 Å². The number of carboxylic acid groups (broad SMARTS) is 1. The molecule has 2 atom stereocenters. The fourth-order valence-electron chi connectivity index (χ4n) is 1.28. The molecule has 1 aliphatic carbocycles. The van der Waals surface area contributed by atoms with Gasteiger partial charge in [-0.1, -0.05) is 0 Å². The van der Waals surface area contributed by atoms with Gasteiger partial charge in [0.15, 0.2) is 9.84 Å². The van der Waals surface area contributed by atoms with Crippen LogP contribution in [0.1, 0.15) is 19.8 Å². The standard InChI is InChI=1S/C9H15NO5S/c1-5(16(2,14)15)8(11)10-7(9(12)13)6-3-4-6/h5-7H,3-4H2,1-2H3,(H,10,11)(H,12,13). The number of amides is 1. The molecule has 0 saturated heterocycles. The minimum absolute atomic E-state index is 0.0618. The van der Waals surface area contributed by atoms with E-state index < -0.39 is 33.0 Å². The van der Waals surface area contributed by atoms with Crippen LogP contribution in [-0.4, -0.2) is 42.9 Å². The van der Waals surface area contributed by atoms with Gasteiger partial charge in [0.1, 0.15) is 11.3 Å². The second-order valence-corrected chi connectivity index (χ2v) is 6.50. The van der Waals surface area contributed by atoms with Gasteiger partial charge in [0.05, 0.1) is 0 Å². The van der Waals surface area contributed by atoms with Gasteiger partial charge in [-0.3, -0.25) is 4.79 Å². The lowest BCUT2D eigenvalue weighted by atomic mass is 10.2. The van der Waals surface area contributed by atoms with Gasteiger partial charge in [-0.25, -0.2) is 13.2 Å². The van der Waals surface area contributed by atoms with Gasteiger partial charge >= 0.3 is 5.97 Å². The molecule has 0 bridgehead atoms. The zero-order valence-corrected chi connectivity index (χ0v) is 9.95. The predicted molar refractivity (Wildman–Crippen MR) is 56.6 cm³/mol. The third-order valence-corrected chi connectivity index (χ3v) is 4.17. The van der Waals surface area contributed by atoms with Gasteiger partial charge in [-0.15, -0.1) is 0 Å². The van der Waals surface area contributed by atoms with Gasteiger partial charge in [-0.2, -0.15) is 0 Å². The highest BCUT2D eigenvalue weighted by Gasteiger charge is 2.38. The first kappa shape index (κ1) is 13.0. The van der Waals surface area contributed by atoms with E-state index in [1.807, 2.05) is 0 Å². The Balaban J connectivity index is 2.65. The molecule has 1 amide bonds. The first-order valence-electron chi connectivity index (χ1n) is 4.95. The van der Waals surface area contributed by atoms with E-state index in [1.54, 1.807) is 0 Å². The molecule has 6 nitrogen and oxygen atoms in total. The maximum atomic E-state index is 11.5. The largest absolute Gasteiger partial charge is 0.480 e. The van der Waals surface area contributed by atoms with E-state index >= 15 is 0 Å². The summed E-state index contributed by atoms with van der Waals surface area (Å²) in [4.78, 5) is 22.3. The number of hydrogen-bond donors (Lipinski definition) is 2. The molecule has 0 aromatic heterocycles. The Bertz CT molecular complexity index is 398. The Labute approximate surface area is 93.9 Å². The highest BCUT2D eigenvalue weighted by molar-refractivity contribution is 7.92. The number of sulfone groups is 1. The summed E-state index contributed by atoms with van der Waals surface area (Å²) in [5.74, 6) is -1.92. The Morgan fingerprint density at radius 3 is 2.19 bits per heavy atom. The van der Waals surface area contributed by atoms with Crippen LogP contribution < -0.4 is 5.32 Å². The Morgan fingerprint density at radius 1 is 1.38 bits per heavy atom. The third kappa shape index (κ3) is 3.19. The maximum Gasteiger partial charge on any atom is 0.326 e. The van der Waals surface area contributed by atoms with E-state index in [-0.39, 0.29) is 5.92 Å². The van der Waals surface area contributed by atoms with Crippen LogP contribution in [0.4, 0.5) is 0 Å². The first-order valence-corrected chi connectivity index (χ1v) is 6.91. The van der Waals surface area contributed by atoms with Gasteiger partial charge in [0, 0.05) is 6.26 Å². The van der Waals surface area contributed by atoms with E-state index in [9.17, 15) is 18.0 Å². The topological polar surface area (TPSA) is 101 Å². The number of aliphatic carboxylic acids is 1. The summed E-state index contributed by atoms with van der Waals surface area (Å²) in [5, 5.41) is 9.91. The Kier molecular flexibility index (Phi) is 3.57. The molecule has 1 saturated carbocycles. The molecule has 0 radical (unpaired) electrons. The van der Waals surface area contributed by atoms with Crippen molar-refractivity contribution in [3.8, 4) is 0 Å². The summed E-state index contributed by atoms with van der Waals surface area (Å²) in [6, 6.07) is -0.961. The summed E-state index contributed by atoms with van der Waals surface area (Å²) in [6.45, 7) is 1.25. The zero-order valence-electron chi connectivity index (χ0n) is 9.13. The van der Waals surface area contributed by atoms with Crippen LogP contribution in [0.25, 0.3) is 0 Å². The Hall–Kier alpha value is -1.11. The average Bonchev–Trinajstić information content (AvgIpc) is 2.93. The summed E-state index contributed by atoms with van der Waals surface area (Å²) in [5.41, 5.74) is 0. The van der Waals surface area contributed by atoms with Crippen molar-refractivity contribution in [2.45, 2.75) is 31.1 Å². The average molecular weight is 249 g/mol. The van der Waals surface area contributed by atoms with Crippen molar-refractivity contribution in [2.24, 2.45) is 5.92 Å². The Morgan fingerprint density at radius 2 is 1.88 bits per heavy atom. The van der Waals surface area contributed by atoms with E-state index in [0.29, 0.717) is 0 Å². The van der Waals surface area contributed by atoms with Gasteiger partial charge in [0.2, 0.25) is 5.91 Å². The van der Waals surface area contributed by atoms with E-state index in [4.69, 9.17) is 5.11 Å². The minimum atomic E-state index is -3.48. The zero-order chi connectivity index (χ0) is 12.5. The van der Waals surface area contributed by atoms with Crippen molar-refractivity contribution in [2.75, 3.05) is 6.26 Å². The maximum absolute atomic E-state index is 11.5. The number of carbonyl (C=O) groups is 2. The molecule has 2 unspecified atom stereocenters. The lowest BCUT2D eigenvalue weighted by molar-refractivity contribution is -0.142. The fourth-order valence-corrected chi connectivity index (χ4v) is 1.73. The van der Waals surface area contributed by atoms with Crippen LogP contribution in [0.3, 0.4) is 0 Å². The molecule has 1 fully saturated rings. The second-order valence-electron chi connectivity index (χ2n) is 4.13. The van der Waals surface area contributed by atoms with Crippen LogP contribution in [0.5, 0.6) is 0 Å². The van der Waals surface area contributed by atoms with Crippen molar-refractivity contribution in [3.63, 3.8) is 0 Å². The molecule has 1 rings (SSSR count). The van der Waals surface area contributed by atoms with Crippen LogP contribution in [-0.2, 0) is 19.4 Å². The van der Waals surface area contributed by atoms with E-state index in [2.05, 4.69) is 5.32 Å². The molecule has 16 heavy (non-hydrogen) atoms. The molecule has 0 heterocycles. The lowest BCUT2D eigenvalue weighted by Crippen LogP contribution is -2.47. The van der Waals surface area contributed by atoms with Gasteiger partial charge < -0.3 is 10.4 Å². The number of hydrogen-bond acceptors (Lipinski definition) is 4. The molecule has 0 aromatic carbocycles. The van der Waals surface area contributed by atoms with Crippen LogP contribution in [0.15, 0.2) is 0 Å². The van der Waals surface area contributed by atoms with Gasteiger partial charge in [-0.05, 0) is 25.7 Å². The van der Waals surface area contributed by atoms with Crippen molar-refractivity contribution in [1.29, 1.82) is 0 Å². The normalized spacial score (nSPS) is 19.9. The number of rotatable bonds is 5. The van der Waals surface area contributed by atoms with Crippen LogP contribution in [0.2, 0.25) is 0 Å². The van der Waals surface area contributed by atoms with Crippen LogP contribution >= 0.6 is 0 Å². The molecular weight excluding hydrogens is 234 g/mol. The van der Waals surface area contributed by atoms with E-state index in [1.165, 1.54) is 6.92 Å². The highest BCUT2D eigenvalue weighted by Crippen LogP contribution is 2.32. The quantitative estimate of drug-likeness (QED) is 0.677. The summed E-state index contributed by atoms with van der Waals surface area (Å²) >= 11 is 0. The smallest absolute Gasteiger partial charge is 0.326 e. The van der Waals surface area contributed by atoms with Crippen molar-refractivity contribution < 1.29 is 23.1 Å². The lowest BCUT2D eigenvalue weighted by Gasteiger charge is -2.16. The second kappa shape index (κ2) is 4.40. The minimum Gasteiger partial charge on any atom is -0.480 e. The monoisotopic (exact) mass is 249 g/mol. The predicted octanol–water partition coefficient (Wildman–Crippen LogP) is -0.601. The third-order valence-electron chi connectivity index (χ3n) is 2.67. The molecular formula is C9H15NO5S. The molecule has 1 aliphatic rings. The molecule has 7 heteroatoms. The molecule has 92 valence electrons. The summed E-state index contributed by atoms with van der Waals surface area (Å²) < 4.78 is 22.2. The number of nitrogens with one attached hydrogen (secondary N) is 1. The summed E-state index contributed by atoms with van der Waals surface area (Å²) in [6.07, 6.45) is 2.46. The molecule has 0 spiro atoms. The summed E-state index contributed by atoms with van der Waals surface area (Å²) in [7, 11) is -3.48. The van der Waals surface area contributed by atoms with E-state index in [0.717, 1.165) is 19.1 Å². The van der Waals surface area contributed by atoms with Crippen molar-refractivity contribution in [1.82, 2.24) is 5.32 Å². The molecule has 2 N–H and O–H groups in total. The SMILES string of the molecule is CC(C(=O)NC(C(=O)O)C1CC1)S(C)(=O)=O. The molecule has 0 aromatic rings. The van der Waals surface area contributed by atoms with Crippen molar-refractivity contribution >= 4 is 21.7 Å². The van der Waals surface area contributed by atoms with Crippen LogP contribution in [0, 0.1) is 5.92 Å². The van der Waals surface area contributed by atoms with Crippen molar-refractivity contribution in [3.05, 3.63) is 0 Å². The fraction of sp³-hybridized carbons (Fsp3) is 0.778. The first-order chi connectivity index (χ1) is 7.23. The number of carbonyl (C=O) groups excluding carboxylic acids is 1. The molecule has 0 aliphatic heterocycles. The number of carboxylic acids is 1.